The molecule has 0 bridgehead atoms. The predicted octanol–water partition coefficient (Wildman–Crippen LogP) is 2.57. The van der Waals surface area contributed by atoms with Gasteiger partial charge in [0.15, 0.2) is 0 Å². The van der Waals surface area contributed by atoms with Crippen LogP contribution in [0.2, 0.25) is 0 Å². The monoisotopic (exact) mass is 301 g/mol. The van der Waals surface area contributed by atoms with E-state index in [2.05, 4.69) is 5.32 Å². The second-order valence-electron chi connectivity index (χ2n) is 5.46. The fourth-order valence-corrected chi connectivity index (χ4v) is 3.91. The van der Waals surface area contributed by atoms with Gasteiger partial charge in [0.05, 0.1) is 17.5 Å². The Labute approximate surface area is 128 Å². The van der Waals surface area contributed by atoms with Crippen molar-refractivity contribution in [2.45, 2.75) is 31.7 Å². The topological polar surface area (TPSA) is 49.3 Å². The van der Waals surface area contributed by atoms with Gasteiger partial charge in [0.2, 0.25) is 0 Å². The third-order valence-corrected chi connectivity index (χ3v) is 5.09. The van der Waals surface area contributed by atoms with E-state index in [1.54, 1.807) is 11.3 Å². The van der Waals surface area contributed by atoms with Crippen molar-refractivity contribution in [2.75, 3.05) is 6.61 Å². The largest absolute Gasteiger partial charge is 0.394 e. The van der Waals surface area contributed by atoms with Gasteiger partial charge in [-0.3, -0.25) is 4.79 Å². The number of amides is 1. The smallest absolute Gasteiger partial charge is 0.261 e. The van der Waals surface area contributed by atoms with Gasteiger partial charge in [0.1, 0.15) is 0 Å². The van der Waals surface area contributed by atoms with Crippen LogP contribution in [0, 0.1) is 0 Å². The molecule has 21 heavy (non-hydrogen) atoms. The first kappa shape index (κ1) is 14.3. The number of rotatable bonds is 5. The van der Waals surface area contributed by atoms with Gasteiger partial charge < -0.3 is 10.4 Å². The Morgan fingerprint density at radius 1 is 1.29 bits per heavy atom. The summed E-state index contributed by atoms with van der Waals surface area (Å²) in [6.07, 6.45) is 4.04. The molecule has 1 heterocycles. The number of aryl methyl sites for hydroxylation is 2. The molecule has 1 aromatic carbocycles. The number of aliphatic hydroxyl groups is 1. The average molecular weight is 301 g/mol. The number of fused-ring (bicyclic) bond motifs is 1. The van der Waals surface area contributed by atoms with Crippen LogP contribution in [-0.2, 0) is 19.3 Å². The van der Waals surface area contributed by atoms with Crippen molar-refractivity contribution >= 4 is 17.2 Å². The van der Waals surface area contributed by atoms with E-state index in [0.29, 0.717) is 6.42 Å². The number of carbonyl (C=O) groups is 1. The Hall–Kier alpha value is -1.65. The lowest BCUT2D eigenvalue weighted by Crippen LogP contribution is -2.38. The minimum Gasteiger partial charge on any atom is -0.394 e. The Balaban J connectivity index is 1.64. The lowest BCUT2D eigenvalue weighted by Gasteiger charge is -2.15. The molecule has 0 saturated heterocycles. The van der Waals surface area contributed by atoms with Crippen molar-refractivity contribution in [1.82, 2.24) is 5.32 Å². The molecule has 0 aliphatic heterocycles. The van der Waals surface area contributed by atoms with Crippen LogP contribution in [0.4, 0.5) is 0 Å². The third-order valence-electron chi connectivity index (χ3n) is 3.85. The number of carbonyl (C=O) groups excluding carboxylic acids is 1. The Morgan fingerprint density at radius 3 is 2.81 bits per heavy atom. The number of thiophene rings is 1. The molecular formula is C17H19NO2S. The number of aliphatic hydroxyl groups excluding tert-OH is 1. The molecule has 3 nitrogen and oxygen atoms in total. The maximum absolute atomic E-state index is 12.3. The van der Waals surface area contributed by atoms with Gasteiger partial charge >= 0.3 is 0 Å². The van der Waals surface area contributed by atoms with Gasteiger partial charge in [-0.2, -0.15) is 0 Å². The molecule has 1 amide bonds. The predicted molar refractivity (Wildman–Crippen MR) is 84.8 cm³/mol. The Kier molecular flexibility index (Phi) is 4.36. The first-order valence-corrected chi connectivity index (χ1v) is 8.15. The summed E-state index contributed by atoms with van der Waals surface area (Å²) < 4.78 is 0. The summed E-state index contributed by atoms with van der Waals surface area (Å²) in [7, 11) is 0. The highest BCUT2D eigenvalue weighted by Crippen LogP contribution is 2.30. The molecule has 1 atom stereocenters. The number of hydrogen-bond acceptors (Lipinski definition) is 3. The standard InChI is InChI=1S/C17H19NO2S/c19-11-14(9-12-5-2-1-3-6-12)18-17(20)16-10-13-7-4-8-15(13)21-16/h1-3,5-6,10,14,19H,4,7-9,11H2,(H,18,20). The van der Waals surface area contributed by atoms with Crippen LogP contribution in [0.3, 0.4) is 0 Å². The zero-order valence-electron chi connectivity index (χ0n) is 11.8. The van der Waals surface area contributed by atoms with E-state index < -0.39 is 0 Å². The average Bonchev–Trinajstić information content (AvgIpc) is 3.08. The van der Waals surface area contributed by atoms with Crippen molar-refractivity contribution in [1.29, 1.82) is 0 Å². The molecule has 0 spiro atoms. The van der Waals surface area contributed by atoms with E-state index in [1.165, 1.54) is 16.9 Å². The summed E-state index contributed by atoms with van der Waals surface area (Å²) in [6, 6.07) is 11.7. The summed E-state index contributed by atoms with van der Waals surface area (Å²) in [4.78, 5) is 14.4. The van der Waals surface area contributed by atoms with E-state index in [-0.39, 0.29) is 18.6 Å². The molecule has 4 heteroatoms. The van der Waals surface area contributed by atoms with Gasteiger partial charge in [-0.15, -0.1) is 11.3 Å². The van der Waals surface area contributed by atoms with Crippen LogP contribution in [0.5, 0.6) is 0 Å². The molecule has 1 unspecified atom stereocenters. The maximum Gasteiger partial charge on any atom is 0.261 e. The lowest BCUT2D eigenvalue weighted by molar-refractivity contribution is 0.0920. The van der Waals surface area contributed by atoms with E-state index >= 15 is 0 Å². The molecular weight excluding hydrogens is 282 g/mol. The number of nitrogens with one attached hydrogen (secondary N) is 1. The van der Waals surface area contributed by atoms with Crippen molar-refractivity contribution in [3.05, 3.63) is 57.3 Å². The van der Waals surface area contributed by atoms with Gasteiger partial charge in [-0.25, -0.2) is 0 Å². The fraction of sp³-hybridized carbons (Fsp3) is 0.353. The summed E-state index contributed by atoms with van der Waals surface area (Å²) in [5.74, 6) is -0.0654. The van der Waals surface area contributed by atoms with Crippen LogP contribution < -0.4 is 5.32 Å². The van der Waals surface area contributed by atoms with Crippen LogP contribution in [-0.4, -0.2) is 23.7 Å². The van der Waals surface area contributed by atoms with Gasteiger partial charge in [0, 0.05) is 4.88 Å². The van der Waals surface area contributed by atoms with E-state index in [1.807, 2.05) is 36.4 Å². The Bertz CT molecular complexity index is 599. The number of benzene rings is 1. The normalized spacial score (nSPS) is 14.7. The van der Waals surface area contributed by atoms with Crippen molar-refractivity contribution in [2.24, 2.45) is 0 Å². The summed E-state index contributed by atoms with van der Waals surface area (Å²) in [5, 5.41) is 12.4. The van der Waals surface area contributed by atoms with Crippen LogP contribution in [0.15, 0.2) is 36.4 Å². The third kappa shape index (κ3) is 3.34. The molecule has 0 saturated carbocycles. The van der Waals surface area contributed by atoms with Crippen LogP contribution >= 0.6 is 11.3 Å². The minimum absolute atomic E-state index is 0.0499. The highest BCUT2D eigenvalue weighted by molar-refractivity contribution is 7.14. The molecule has 1 aliphatic carbocycles. The maximum atomic E-state index is 12.3. The molecule has 110 valence electrons. The summed E-state index contributed by atoms with van der Waals surface area (Å²) in [6.45, 7) is -0.0499. The molecule has 0 radical (unpaired) electrons. The molecule has 3 rings (SSSR count). The zero-order valence-corrected chi connectivity index (χ0v) is 12.7. The molecule has 1 aromatic heterocycles. The Morgan fingerprint density at radius 2 is 2.10 bits per heavy atom. The van der Waals surface area contributed by atoms with Crippen LogP contribution in [0.1, 0.15) is 32.1 Å². The molecule has 1 aliphatic rings. The van der Waals surface area contributed by atoms with Gasteiger partial charge in [0.25, 0.3) is 5.91 Å². The first-order valence-electron chi connectivity index (χ1n) is 7.33. The lowest BCUT2D eigenvalue weighted by atomic mass is 10.1. The van der Waals surface area contributed by atoms with Gasteiger partial charge in [-0.1, -0.05) is 30.3 Å². The molecule has 0 fully saturated rings. The number of hydrogen-bond donors (Lipinski definition) is 2. The zero-order chi connectivity index (χ0) is 14.7. The quantitative estimate of drug-likeness (QED) is 0.892. The minimum atomic E-state index is -0.239. The van der Waals surface area contributed by atoms with Crippen LogP contribution in [0.25, 0.3) is 0 Å². The highest BCUT2D eigenvalue weighted by atomic mass is 32.1. The summed E-state index contributed by atoms with van der Waals surface area (Å²) >= 11 is 1.60. The van der Waals surface area contributed by atoms with Crippen molar-refractivity contribution < 1.29 is 9.90 Å². The van der Waals surface area contributed by atoms with Gasteiger partial charge in [-0.05, 0) is 42.9 Å². The van der Waals surface area contributed by atoms with Crippen molar-refractivity contribution in [3.8, 4) is 0 Å². The molecule has 2 aromatic rings. The second-order valence-corrected chi connectivity index (χ2v) is 6.59. The van der Waals surface area contributed by atoms with Crippen molar-refractivity contribution in [3.63, 3.8) is 0 Å². The molecule has 2 N–H and O–H groups in total. The highest BCUT2D eigenvalue weighted by Gasteiger charge is 2.20. The van der Waals surface area contributed by atoms with E-state index in [4.69, 9.17) is 0 Å². The first-order chi connectivity index (χ1) is 10.3. The SMILES string of the molecule is O=C(NC(CO)Cc1ccccc1)c1cc2c(s1)CCC2. The fourth-order valence-electron chi connectivity index (χ4n) is 2.76. The second kappa shape index (κ2) is 6.41. The van der Waals surface area contributed by atoms with E-state index in [9.17, 15) is 9.90 Å². The van der Waals surface area contributed by atoms with E-state index in [0.717, 1.165) is 23.3 Å². The summed E-state index contributed by atoms with van der Waals surface area (Å²) in [5.41, 5.74) is 2.44.